The third kappa shape index (κ3) is 3.85. The molecule has 2 aromatic rings. The fourth-order valence-electron chi connectivity index (χ4n) is 2.82. The Hall–Kier alpha value is -2.55. The molecule has 0 bridgehead atoms. The molecule has 2 aromatic carbocycles. The van der Waals surface area contributed by atoms with E-state index in [1.165, 1.54) is 11.1 Å². The number of benzene rings is 2. The van der Waals surface area contributed by atoms with E-state index in [9.17, 15) is 4.79 Å². The first-order valence-electron chi connectivity index (χ1n) is 8.38. The first kappa shape index (κ1) is 16.3. The molecule has 1 heterocycles. The number of anilines is 2. The Morgan fingerprint density at radius 3 is 2.58 bits per heavy atom. The summed E-state index contributed by atoms with van der Waals surface area (Å²) in [4.78, 5) is 12.1. The van der Waals surface area contributed by atoms with E-state index in [1.54, 1.807) is 6.08 Å². The average molecular weight is 320 g/mol. The van der Waals surface area contributed by atoms with Crippen molar-refractivity contribution >= 4 is 23.4 Å². The maximum Gasteiger partial charge on any atom is 0.248 e. The largest absolute Gasteiger partial charge is 0.384 e. The lowest BCUT2D eigenvalue weighted by Gasteiger charge is -2.18. The smallest absolute Gasteiger partial charge is 0.248 e. The number of nitrogens with one attached hydrogen (secondary N) is 2. The van der Waals surface area contributed by atoms with Gasteiger partial charge in [0.05, 0.1) is 0 Å². The second-order valence-electron chi connectivity index (χ2n) is 7.24. The monoisotopic (exact) mass is 320 g/mol. The van der Waals surface area contributed by atoms with Crippen molar-refractivity contribution in [3.05, 3.63) is 65.2 Å². The minimum Gasteiger partial charge on any atom is -0.384 e. The van der Waals surface area contributed by atoms with Gasteiger partial charge in [0.15, 0.2) is 0 Å². The van der Waals surface area contributed by atoms with Gasteiger partial charge in [0.1, 0.15) is 0 Å². The van der Waals surface area contributed by atoms with Gasteiger partial charge in [-0.1, -0.05) is 51.1 Å². The maximum absolute atomic E-state index is 12.1. The van der Waals surface area contributed by atoms with Crippen molar-refractivity contribution in [2.45, 2.75) is 32.6 Å². The number of amides is 1. The summed E-state index contributed by atoms with van der Waals surface area (Å²) >= 11 is 0. The van der Waals surface area contributed by atoms with Crippen molar-refractivity contribution in [1.82, 2.24) is 0 Å². The van der Waals surface area contributed by atoms with Crippen molar-refractivity contribution in [3.63, 3.8) is 0 Å². The summed E-state index contributed by atoms with van der Waals surface area (Å²) in [6.45, 7) is 7.54. The molecule has 0 saturated carbocycles. The molecule has 124 valence electrons. The van der Waals surface area contributed by atoms with Crippen molar-refractivity contribution < 1.29 is 4.79 Å². The Kier molecular flexibility index (Phi) is 4.43. The van der Waals surface area contributed by atoms with Crippen LogP contribution in [0.25, 0.3) is 6.08 Å². The van der Waals surface area contributed by atoms with E-state index >= 15 is 0 Å². The maximum atomic E-state index is 12.1. The lowest BCUT2D eigenvalue weighted by Crippen LogP contribution is -2.10. The number of hydrogen-bond donors (Lipinski definition) is 2. The zero-order valence-electron chi connectivity index (χ0n) is 14.5. The molecule has 0 radical (unpaired) electrons. The normalized spacial score (nSPS) is 13.6. The summed E-state index contributed by atoms with van der Waals surface area (Å²) < 4.78 is 0. The van der Waals surface area contributed by atoms with E-state index in [2.05, 4.69) is 49.6 Å². The van der Waals surface area contributed by atoms with Crippen molar-refractivity contribution in [2.75, 3.05) is 17.2 Å². The van der Waals surface area contributed by atoms with Crippen molar-refractivity contribution in [1.29, 1.82) is 0 Å². The Labute approximate surface area is 143 Å². The fraction of sp³-hybridized carbons (Fsp3) is 0.286. The zero-order chi connectivity index (χ0) is 17.2. The molecule has 1 aliphatic rings. The topological polar surface area (TPSA) is 41.1 Å². The van der Waals surface area contributed by atoms with Crippen LogP contribution >= 0.6 is 0 Å². The highest BCUT2D eigenvalue weighted by Gasteiger charge is 2.12. The van der Waals surface area contributed by atoms with Crippen LogP contribution in [-0.4, -0.2) is 12.5 Å². The molecule has 24 heavy (non-hydrogen) atoms. The van der Waals surface area contributed by atoms with Crippen LogP contribution in [0, 0.1) is 0 Å². The number of rotatable bonds is 3. The highest BCUT2D eigenvalue weighted by Crippen LogP contribution is 2.25. The summed E-state index contributed by atoms with van der Waals surface area (Å²) in [7, 11) is 0. The lowest BCUT2D eigenvalue weighted by atomic mass is 9.87. The van der Waals surface area contributed by atoms with E-state index in [0.29, 0.717) is 0 Å². The van der Waals surface area contributed by atoms with Crippen molar-refractivity contribution in [2.24, 2.45) is 0 Å². The van der Waals surface area contributed by atoms with Gasteiger partial charge in [-0.2, -0.15) is 0 Å². The molecule has 1 aliphatic heterocycles. The molecule has 1 amide bonds. The highest BCUT2D eigenvalue weighted by molar-refractivity contribution is 6.02. The quantitative estimate of drug-likeness (QED) is 0.811. The fourth-order valence-corrected chi connectivity index (χ4v) is 2.82. The lowest BCUT2D eigenvalue weighted by molar-refractivity contribution is -0.111. The molecular formula is C21H24N2O. The van der Waals surface area contributed by atoms with Gasteiger partial charge in [-0.05, 0) is 46.7 Å². The average Bonchev–Trinajstić information content (AvgIpc) is 3.00. The molecule has 3 nitrogen and oxygen atoms in total. The van der Waals surface area contributed by atoms with Gasteiger partial charge in [0.2, 0.25) is 5.91 Å². The SMILES string of the molecule is CC(C)(C)c1ccc(C=CC(=O)Nc2ccc3c(c2)NCC3)cc1. The molecular weight excluding hydrogens is 296 g/mol. The minimum atomic E-state index is -0.118. The van der Waals surface area contributed by atoms with E-state index in [-0.39, 0.29) is 11.3 Å². The highest BCUT2D eigenvalue weighted by atomic mass is 16.1. The van der Waals surface area contributed by atoms with Crippen LogP contribution in [-0.2, 0) is 16.6 Å². The van der Waals surface area contributed by atoms with Gasteiger partial charge in [0.25, 0.3) is 0 Å². The predicted molar refractivity (Wildman–Crippen MR) is 101 cm³/mol. The van der Waals surface area contributed by atoms with Crippen LogP contribution < -0.4 is 10.6 Å². The second kappa shape index (κ2) is 6.52. The van der Waals surface area contributed by atoms with Gasteiger partial charge < -0.3 is 10.6 Å². The summed E-state index contributed by atoms with van der Waals surface area (Å²) in [5.74, 6) is -0.118. The molecule has 0 saturated heterocycles. The summed E-state index contributed by atoms with van der Waals surface area (Å²) in [5, 5.41) is 6.23. The molecule has 0 fully saturated rings. The first-order chi connectivity index (χ1) is 11.4. The van der Waals surface area contributed by atoms with Gasteiger partial charge in [-0.3, -0.25) is 4.79 Å². The molecule has 0 atom stereocenters. The summed E-state index contributed by atoms with van der Waals surface area (Å²) in [6, 6.07) is 14.3. The Morgan fingerprint density at radius 2 is 1.88 bits per heavy atom. The molecule has 0 unspecified atom stereocenters. The van der Waals surface area contributed by atoms with Crippen LogP contribution in [0.4, 0.5) is 11.4 Å². The van der Waals surface area contributed by atoms with E-state index < -0.39 is 0 Å². The van der Waals surface area contributed by atoms with Crippen LogP contribution in [0.15, 0.2) is 48.5 Å². The molecule has 3 rings (SSSR count). The minimum absolute atomic E-state index is 0.118. The second-order valence-corrected chi connectivity index (χ2v) is 7.24. The van der Waals surface area contributed by atoms with Crippen LogP contribution in [0.2, 0.25) is 0 Å². The van der Waals surface area contributed by atoms with E-state index in [0.717, 1.165) is 29.9 Å². The summed E-state index contributed by atoms with van der Waals surface area (Å²) in [6.07, 6.45) is 4.47. The number of hydrogen-bond acceptors (Lipinski definition) is 2. The third-order valence-electron chi connectivity index (χ3n) is 4.29. The molecule has 2 N–H and O–H groups in total. The summed E-state index contributed by atoms with van der Waals surface area (Å²) in [5.41, 5.74) is 5.70. The molecule has 3 heteroatoms. The van der Waals surface area contributed by atoms with E-state index in [4.69, 9.17) is 0 Å². The van der Waals surface area contributed by atoms with Crippen LogP contribution in [0.1, 0.15) is 37.5 Å². The number of carbonyl (C=O) groups excluding carboxylic acids is 1. The standard InChI is InChI=1S/C21H24N2O/c1-21(2,3)17-8-4-15(5-9-17)6-11-20(24)23-18-10-7-16-12-13-22-19(16)14-18/h4-11,14,22H,12-13H2,1-3H3,(H,23,24). The van der Waals surface area contributed by atoms with Crippen LogP contribution in [0.5, 0.6) is 0 Å². The Morgan fingerprint density at radius 1 is 1.12 bits per heavy atom. The molecule has 0 spiro atoms. The number of fused-ring (bicyclic) bond motifs is 1. The third-order valence-corrected chi connectivity index (χ3v) is 4.29. The molecule has 0 aliphatic carbocycles. The first-order valence-corrected chi connectivity index (χ1v) is 8.38. The van der Waals surface area contributed by atoms with Gasteiger partial charge in [-0.15, -0.1) is 0 Å². The zero-order valence-corrected chi connectivity index (χ0v) is 14.5. The van der Waals surface area contributed by atoms with Gasteiger partial charge in [0, 0.05) is 24.0 Å². The van der Waals surface area contributed by atoms with E-state index in [1.807, 2.05) is 30.3 Å². The predicted octanol–water partition coefficient (Wildman–Crippen LogP) is 4.60. The van der Waals surface area contributed by atoms with Crippen molar-refractivity contribution in [3.8, 4) is 0 Å². The Bertz CT molecular complexity index is 767. The number of carbonyl (C=O) groups is 1. The molecule has 0 aromatic heterocycles. The Balaban J connectivity index is 1.63. The van der Waals surface area contributed by atoms with Gasteiger partial charge >= 0.3 is 0 Å². The van der Waals surface area contributed by atoms with Crippen LogP contribution in [0.3, 0.4) is 0 Å². The van der Waals surface area contributed by atoms with Gasteiger partial charge in [-0.25, -0.2) is 0 Å².